The maximum atomic E-state index is 11.7. The smallest absolute Gasteiger partial charge is 0.300 e. The summed E-state index contributed by atoms with van der Waals surface area (Å²) in [5.41, 5.74) is 1.03. The Morgan fingerprint density at radius 2 is 2.06 bits per heavy atom. The summed E-state index contributed by atoms with van der Waals surface area (Å²) in [6.45, 7) is 1.67. The van der Waals surface area contributed by atoms with Crippen molar-refractivity contribution in [3.63, 3.8) is 0 Å². The summed E-state index contributed by atoms with van der Waals surface area (Å²) in [6.07, 6.45) is 0.903. The van der Waals surface area contributed by atoms with E-state index in [-0.39, 0.29) is 5.76 Å². The Balaban J connectivity index is 2.52. The topological polar surface area (TPSA) is 76.4 Å². The normalized spacial score (nSPS) is 11.7. The van der Waals surface area contributed by atoms with E-state index >= 15 is 0 Å². The predicted octanol–water partition coefficient (Wildman–Crippen LogP) is 2.08. The zero-order valence-corrected chi connectivity index (χ0v) is 11.2. The molecule has 1 amide bonds. The first-order valence-corrected chi connectivity index (χ1v) is 7.25. The Morgan fingerprint density at radius 3 is 2.67 bits per heavy atom. The Morgan fingerprint density at radius 1 is 1.39 bits per heavy atom. The van der Waals surface area contributed by atoms with Crippen molar-refractivity contribution in [1.29, 1.82) is 0 Å². The molecule has 1 heterocycles. The summed E-state index contributed by atoms with van der Waals surface area (Å²) < 4.78 is 29.2. The van der Waals surface area contributed by atoms with Crippen molar-refractivity contribution >= 4 is 38.5 Å². The zero-order chi connectivity index (χ0) is 13.5. The zero-order valence-electron chi connectivity index (χ0n) is 9.65. The van der Waals surface area contributed by atoms with E-state index in [2.05, 4.69) is 0 Å². The number of sulfonamides is 1. The number of carbonyl (C=O) groups is 1. The minimum absolute atomic E-state index is 0.0299. The fraction of sp³-hybridized carbons (Fsp3) is 0.182. The molecule has 1 N–H and O–H groups in total. The molecule has 0 unspecified atom stereocenters. The van der Waals surface area contributed by atoms with Gasteiger partial charge in [-0.2, -0.15) is 0 Å². The third kappa shape index (κ3) is 2.49. The number of rotatable bonds is 2. The van der Waals surface area contributed by atoms with Crippen LogP contribution in [0, 0.1) is 6.92 Å². The molecule has 0 atom stereocenters. The van der Waals surface area contributed by atoms with Gasteiger partial charge < -0.3 is 4.42 Å². The molecule has 1 aromatic heterocycles. The van der Waals surface area contributed by atoms with Crippen molar-refractivity contribution in [3.05, 3.63) is 34.5 Å². The molecule has 0 saturated heterocycles. The summed E-state index contributed by atoms with van der Waals surface area (Å²) >= 11 is 5.85. The van der Waals surface area contributed by atoms with Crippen molar-refractivity contribution in [2.24, 2.45) is 0 Å². The van der Waals surface area contributed by atoms with Crippen LogP contribution < -0.4 is 4.72 Å². The second kappa shape index (κ2) is 4.29. The first kappa shape index (κ1) is 12.9. The summed E-state index contributed by atoms with van der Waals surface area (Å²) in [7, 11) is -3.62. The molecule has 2 rings (SSSR count). The fourth-order valence-corrected chi connectivity index (χ4v) is 2.23. The van der Waals surface area contributed by atoms with Crippen LogP contribution in [0.5, 0.6) is 0 Å². The molecule has 0 aliphatic carbocycles. The van der Waals surface area contributed by atoms with Crippen LogP contribution in [-0.4, -0.2) is 20.6 Å². The number of benzene rings is 1. The summed E-state index contributed by atoms with van der Waals surface area (Å²) in [6, 6.07) is 4.92. The van der Waals surface area contributed by atoms with Gasteiger partial charge in [0, 0.05) is 16.0 Å². The van der Waals surface area contributed by atoms with Crippen LogP contribution in [0.15, 0.2) is 22.6 Å². The highest BCUT2D eigenvalue weighted by Crippen LogP contribution is 2.27. The van der Waals surface area contributed by atoms with Gasteiger partial charge in [-0.05, 0) is 25.1 Å². The molecule has 0 bridgehead atoms. The predicted molar refractivity (Wildman–Crippen MR) is 68.3 cm³/mol. The van der Waals surface area contributed by atoms with E-state index < -0.39 is 15.9 Å². The van der Waals surface area contributed by atoms with Gasteiger partial charge in [0.1, 0.15) is 5.58 Å². The van der Waals surface area contributed by atoms with Gasteiger partial charge in [-0.15, -0.1) is 0 Å². The molecule has 2 aromatic rings. The summed E-state index contributed by atoms with van der Waals surface area (Å²) in [5, 5.41) is 1.20. The molecule has 0 spiro atoms. The maximum absolute atomic E-state index is 11.7. The van der Waals surface area contributed by atoms with Crippen molar-refractivity contribution in [1.82, 2.24) is 4.72 Å². The SMILES string of the molecule is Cc1c(C(=O)NS(C)(=O)=O)oc2ccc(Cl)cc12. The molecule has 0 aliphatic heterocycles. The van der Waals surface area contributed by atoms with Crippen LogP contribution in [0.25, 0.3) is 11.0 Å². The quantitative estimate of drug-likeness (QED) is 0.917. The number of hydrogen-bond donors (Lipinski definition) is 1. The van der Waals surface area contributed by atoms with E-state index in [4.69, 9.17) is 16.0 Å². The monoisotopic (exact) mass is 287 g/mol. The summed E-state index contributed by atoms with van der Waals surface area (Å²) in [5.74, 6) is -0.819. The number of furan rings is 1. The third-order valence-electron chi connectivity index (χ3n) is 2.38. The lowest BCUT2D eigenvalue weighted by molar-refractivity contribution is 0.0956. The first-order chi connectivity index (χ1) is 8.28. The minimum Gasteiger partial charge on any atom is -0.451 e. The first-order valence-electron chi connectivity index (χ1n) is 4.99. The van der Waals surface area contributed by atoms with E-state index in [0.29, 0.717) is 21.6 Å². The van der Waals surface area contributed by atoms with E-state index in [0.717, 1.165) is 6.26 Å². The number of aryl methyl sites for hydroxylation is 1. The lowest BCUT2D eigenvalue weighted by atomic mass is 10.1. The van der Waals surface area contributed by atoms with Crippen molar-refractivity contribution in [2.75, 3.05) is 6.26 Å². The minimum atomic E-state index is -3.62. The molecule has 96 valence electrons. The largest absolute Gasteiger partial charge is 0.451 e. The van der Waals surface area contributed by atoms with Gasteiger partial charge in [-0.25, -0.2) is 13.1 Å². The number of carbonyl (C=O) groups excluding carboxylic acids is 1. The highest BCUT2D eigenvalue weighted by Gasteiger charge is 2.20. The molecule has 7 heteroatoms. The lowest BCUT2D eigenvalue weighted by Gasteiger charge is -1.99. The highest BCUT2D eigenvalue weighted by molar-refractivity contribution is 7.89. The number of hydrogen-bond acceptors (Lipinski definition) is 4. The van der Waals surface area contributed by atoms with E-state index in [1.54, 1.807) is 25.1 Å². The Bertz CT molecular complexity index is 733. The second-order valence-corrected chi connectivity index (χ2v) is 6.08. The second-order valence-electron chi connectivity index (χ2n) is 3.90. The number of halogens is 1. The molecule has 5 nitrogen and oxygen atoms in total. The Kier molecular flexibility index (Phi) is 3.08. The van der Waals surface area contributed by atoms with Crippen molar-refractivity contribution in [3.8, 4) is 0 Å². The molecule has 0 fully saturated rings. The Labute approximate surface area is 109 Å². The van der Waals surface area contributed by atoms with Crippen LogP contribution in [0.4, 0.5) is 0 Å². The number of fused-ring (bicyclic) bond motifs is 1. The van der Waals surface area contributed by atoms with Crippen LogP contribution in [0.3, 0.4) is 0 Å². The van der Waals surface area contributed by atoms with Crippen LogP contribution in [0.1, 0.15) is 16.1 Å². The molecular formula is C11H10ClNO4S. The van der Waals surface area contributed by atoms with Gasteiger partial charge in [0.15, 0.2) is 5.76 Å². The van der Waals surface area contributed by atoms with Crippen molar-refractivity contribution in [2.45, 2.75) is 6.92 Å². The van der Waals surface area contributed by atoms with Crippen molar-refractivity contribution < 1.29 is 17.6 Å². The molecule has 0 aliphatic rings. The number of nitrogens with one attached hydrogen (secondary N) is 1. The van der Waals surface area contributed by atoms with Gasteiger partial charge >= 0.3 is 5.91 Å². The van der Waals surface area contributed by atoms with E-state index in [1.165, 1.54) is 0 Å². The fourth-order valence-electron chi connectivity index (χ4n) is 1.62. The van der Waals surface area contributed by atoms with Gasteiger partial charge in [0.2, 0.25) is 10.0 Å². The molecule has 0 saturated carbocycles. The van der Waals surface area contributed by atoms with Gasteiger partial charge in [-0.3, -0.25) is 4.79 Å². The maximum Gasteiger partial charge on any atom is 0.300 e. The average Bonchev–Trinajstić information content (AvgIpc) is 2.54. The molecule has 18 heavy (non-hydrogen) atoms. The Hall–Kier alpha value is -1.53. The number of amides is 1. The van der Waals surface area contributed by atoms with E-state index in [9.17, 15) is 13.2 Å². The highest BCUT2D eigenvalue weighted by atomic mass is 35.5. The van der Waals surface area contributed by atoms with Crippen LogP contribution in [-0.2, 0) is 10.0 Å². The lowest BCUT2D eigenvalue weighted by Crippen LogP contribution is -2.29. The standard InChI is InChI=1S/C11H10ClNO4S/c1-6-8-5-7(12)3-4-9(8)17-10(6)11(14)13-18(2,15)16/h3-5H,1-2H3,(H,13,14). The van der Waals surface area contributed by atoms with Crippen LogP contribution in [0.2, 0.25) is 5.02 Å². The van der Waals surface area contributed by atoms with E-state index in [1.807, 2.05) is 4.72 Å². The van der Waals surface area contributed by atoms with Gasteiger partial charge in [0.25, 0.3) is 0 Å². The van der Waals surface area contributed by atoms with Gasteiger partial charge in [-0.1, -0.05) is 11.6 Å². The average molecular weight is 288 g/mol. The van der Waals surface area contributed by atoms with Gasteiger partial charge in [0.05, 0.1) is 6.26 Å². The molecule has 0 radical (unpaired) electrons. The summed E-state index contributed by atoms with van der Waals surface area (Å²) in [4.78, 5) is 11.7. The molecule has 1 aromatic carbocycles. The van der Waals surface area contributed by atoms with Crippen LogP contribution >= 0.6 is 11.6 Å². The molecular weight excluding hydrogens is 278 g/mol. The third-order valence-corrected chi connectivity index (χ3v) is 3.17.